The first-order valence-corrected chi connectivity index (χ1v) is 11.5. The van der Waals surface area contributed by atoms with E-state index in [0.29, 0.717) is 55.6 Å². The molecule has 1 fully saturated rings. The lowest BCUT2D eigenvalue weighted by atomic mass is 10.1. The highest BCUT2D eigenvalue weighted by molar-refractivity contribution is 5.99. The van der Waals surface area contributed by atoms with Gasteiger partial charge >= 0.3 is 6.09 Å². The van der Waals surface area contributed by atoms with E-state index >= 15 is 0 Å². The molecule has 2 aromatic carbocycles. The van der Waals surface area contributed by atoms with E-state index in [0.717, 1.165) is 22.7 Å². The molecule has 1 aliphatic heterocycles. The number of piperazine rings is 1. The maximum atomic E-state index is 12.1. The van der Waals surface area contributed by atoms with Crippen LogP contribution in [0.3, 0.4) is 0 Å². The summed E-state index contributed by atoms with van der Waals surface area (Å²) in [6, 6.07) is 17.4. The number of carbonyl (C=O) groups excluding carboxylic acids is 1. The molecule has 0 saturated carbocycles. The Labute approximate surface area is 202 Å². The standard InChI is InChI=1S/C25H27N7O3/c1-3-35-25(33)31-15-13-30(14-16-31)24-27-21(17-7-5-4-6-8-17)20-22(26)32(29-23(20)28-24)18-9-11-19(34-2)12-10-18/h4-12H,3,13-16,26H2,1-2H3. The van der Waals surface area contributed by atoms with E-state index < -0.39 is 0 Å². The van der Waals surface area contributed by atoms with Crippen LogP contribution in [0.25, 0.3) is 28.0 Å². The van der Waals surface area contributed by atoms with E-state index in [1.165, 1.54) is 0 Å². The Balaban J connectivity index is 1.56. The summed E-state index contributed by atoms with van der Waals surface area (Å²) in [4.78, 5) is 25.5. The van der Waals surface area contributed by atoms with Crippen molar-refractivity contribution in [2.24, 2.45) is 0 Å². The molecule has 0 bridgehead atoms. The molecule has 35 heavy (non-hydrogen) atoms. The largest absolute Gasteiger partial charge is 0.497 e. The van der Waals surface area contributed by atoms with Crippen LogP contribution in [0.15, 0.2) is 54.6 Å². The van der Waals surface area contributed by atoms with Crippen LogP contribution in [-0.2, 0) is 4.74 Å². The average molecular weight is 474 g/mol. The molecule has 180 valence electrons. The van der Waals surface area contributed by atoms with Gasteiger partial charge in [0.15, 0.2) is 5.65 Å². The van der Waals surface area contributed by atoms with Gasteiger partial charge in [-0.2, -0.15) is 4.98 Å². The number of nitrogens with two attached hydrogens (primary N) is 1. The van der Waals surface area contributed by atoms with Crippen LogP contribution in [0.4, 0.5) is 16.6 Å². The van der Waals surface area contributed by atoms with Crippen molar-refractivity contribution in [3.8, 4) is 22.7 Å². The molecule has 0 atom stereocenters. The number of nitrogen functional groups attached to an aromatic ring is 1. The van der Waals surface area contributed by atoms with Crippen molar-refractivity contribution < 1.29 is 14.3 Å². The molecule has 10 heteroatoms. The van der Waals surface area contributed by atoms with E-state index in [1.54, 1.807) is 23.6 Å². The summed E-state index contributed by atoms with van der Waals surface area (Å²) in [7, 11) is 1.63. The van der Waals surface area contributed by atoms with Gasteiger partial charge in [-0.15, -0.1) is 5.10 Å². The van der Waals surface area contributed by atoms with Crippen LogP contribution in [0.1, 0.15) is 6.92 Å². The summed E-state index contributed by atoms with van der Waals surface area (Å²) in [5, 5.41) is 5.43. The predicted molar refractivity (Wildman–Crippen MR) is 134 cm³/mol. The van der Waals surface area contributed by atoms with Crippen molar-refractivity contribution in [1.29, 1.82) is 0 Å². The fourth-order valence-electron chi connectivity index (χ4n) is 4.17. The molecular formula is C25H27N7O3. The number of hydrogen-bond donors (Lipinski definition) is 1. The minimum absolute atomic E-state index is 0.292. The van der Waals surface area contributed by atoms with Gasteiger partial charge in [0.25, 0.3) is 0 Å². The number of methoxy groups -OCH3 is 1. The van der Waals surface area contributed by atoms with Gasteiger partial charge in [-0.1, -0.05) is 30.3 Å². The first-order chi connectivity index (χ1) is 17.1. The molecule has 1 saturated heterocycles. The number of carbonyl (C=O) groups is 1. The van der Waals surface area contributed by atoms with Crippen LogP contribution < -0.4 is 15.4 Å². The van der Waals surface area contributed by atoms with Crippen LogP contribution in [0.5, 0.6) is 5.75 Å². The molecule has 4 aromatic rings. The van der Waals surface area contributed by atoms with Crippen LogP contribution >= 0.6 is 0 Å². The normalized spacial score (nSPS) is 13.8. The Hall–Kier alpha value is -4.34. The highest BCUT2D eigenvalue weighted by Crippen LogP contribution is 2.33. The maximum absolute atomic E-state index is 12.1. The minimum Gasteiger partial charge on any atom is -0.497 e. The van der Waals surface area contributed by atoms with Gasteiger partial charge in [-0.3, -0.25) is 0 Å². The zero-order valence-corrected chi connectivity index (χ0v) is 19.7. The first-order valence-electron chi connectivity index (χ1n) is 11.5. The average Bonchev–Trinajstić information content (AvgIpc) is 3.25. The summed E-state index contributed by atoms with van der Waals surface area (Å²) in [6.07, 6.45) is -0.292. The molecule has 2 N–H and O–H groups in total. The number of hydrogen-bond acceptors (Lipinski definition) is 8. The van der Waals surface area contributed by atoms with Crippen molar-refractivity contribution >= 4 is 28.9 Å². The summed E-state index contributed by atoms with van der Waals surface area (Å²) < 4.78 is 12.1. The smallest absolute Gasteiger partial charge is 0.409 e. The zero-order valence-electron chi connectivity index (χ0n) is 19.7. The maximum Gasteiger partial charge on any atom is 0.409 e. The highest BCUT2D eigenvalue weighted by atomic mass is 16.6. The van der Waals surface area contributed by atoms with Crippen LogP contribution in [-0.4, -0.2) is 70.6 Å². The Morgan fingerprint density at radius 1 is 1.00 bits per heavy atom. The third-order valence-corrected chi connectivity index (χ3v) is 6.01. The zero-order chi connectivity index (χ0) is 24.4. The minimum atomic E-state index is -0.292. The van der Waals surface area contributed by atoms with Crippen LogP contribution in [0.2, 0.25) is 0 Å². The number of benzene rings is 2. The molecule has 2 aromatic heterocycles. The Morgan fingerprint density at radius 3 is 2.37 bits per heavy atom. The Kier molecular flexibility index (Phi) is 6.09. The number of rotatable bonds is 5. The summed E-state index contributed by atoms with van der Waals surface area (Å²) in [5.74, 6) is 1.76. The molecule has 1 aliphatic rings. The lowest BCUT2D eigenvalue weighted by Crippen LogP contribution is -2.49. The van der Waals surface area contributed by atoms with Crippen molar-refractivity contribution in [2.75, 3.05) is 50.5 Å². The molecule has 0 aliphatic carbocycles. The number of amides is 1. The predicted octanol–water partition coefficient (Wildman–Crippen LogP) is 3.35. The van der Waals surface area contributed by atoms with E-state index in [-0.39, 0.29) is 6.09 Å². The Bertz CT molecular complexity index is 1330. The fourth-order valence-corrected chi connectivity index (χ4v) is 4.17. The number of anilines is 2. The van der Waals surface area contributed by atoms with E-state index in [4.69, 9.17) is 30.3 Å². The van der Waals surface area contributed by atoms with Gasteiger partial charge in [0.1, 0.15) is 11.6 Å². The molecule has 1 amide bonds. The molecule has 0 unspecified atom stereocenters. The molecule has 0 radical (unpaired) electrons. The van der Waals surface area contributed by atoms with Crippen molar-refractivity contribution in [2.45, 2.75) is 6.92 Å². The number of aromatic nitrogens is 4. The molecule has 5 rings (SSSR count). The summed E-state index contributed by atoms with van der Waals surface area (Å²) in [5.41, 5.74) is 9.55. The summed E-state index contributed by atoms with van der Waals surface area (Å²) in [6.45, 7) is 4.41. The van der Waals surface area contributed by atoms with E-state index in [2.05, 4.69) is 4.90 Å². The molecular weight excluding hydrogens is 446 g/mol. The monoisotopic (exact) mass is 473 g/mol. The van der Waals surface area contributed by atoms with Crippen molar-refractivity contribution in [1.82, 2.24) is 24.6 Å². The van der Waals surface area contributed by atoms with Crippen molar-refractivity contribution in [3.63, 3.8) is 0 Å². The van der Waals surface area contributed by atoms with Gasteiger partial charge in [0, 0.05) is 31.7 Å². The third-order valence-electron chi connectivity index (χ3n) is 6.01. The topological polar surface area (TPSA) is 112 Å². The lowest BCUT2D eigenvalue weighted by molar-refractivity contribution is 0.105. The van der Waals surface area contributed by atoms with E-state index in [1.807, 2.05) is 54.6 Å². The highest BCUT2D eigenvalue weighted by Gasteiger charge is 2.26. The SMILES string of the molecule is CCOC(=O)N1CCN(c2nc(-c3ccccc3)c3c(N)n(-c4ccc(OC)cc4)nc3n2)CC1. The van der Waals surface area contributed by atoms with Gasteiger partial charge in [0.05, 0.1) is 30.5 Å². The second-order valence-electron chi connectivity index (χ2n) is 8.10. The van der Waals surface area contributed by atoms with Gasteiger partial charge in [-0.05, 0) is 31.2 Å². The van der Waals surface area contributed by atoms with Crippen molar-refractivity contribution in [3.05, 3.63) is 54.6 Å². The number of ether oxygens (including phenoxy) is 2. The molecule has 3 heterocycles. The second kappa shape index (κ2) is 9.49. The van der Waals surface area contributed by atoms with Gasteiger partial charge in [-0.25, -0.2) is 14.5 Å². The second-order valence-corrected chi connectivity index (χ2v) is 8.10. The molecule has 0 spiro atoms. The summed E-state index contributed by atoms with van der Waals surface area (Å²) >= 11 is 0. The Morgan fingerprint density at radius 2 is 1.71 bits per heavy atom. The van der Waals surface area contributed by atoms with Crippen LogP contribution in [0, 0.1) is 0 Å². The number of fused-ring (bicyclic) bond motifs is 1. The first kappa shape index (κ1) is 22.5. The number of nitrogens with zero attached hydrogens (tertiary/aromatic N) is 6. The third kappa shape index (κ3) is 4.30. The lowest BCUT2D eigenvalue weighted by Gasteiger charge is -2.34. The molecule has 10 nitrogen and oxygen atoms in total. The van der Waals surface area contributed by atoms with Gasteiger partial charge in [0.2, 0.25) is 5.95 Å². The van der Waals surface area contributed by atoms with E-state index in [9.17, 15) is 4.79 Å². The fraction of sp³-hybridized carbons (Fsp3) is 0.280. The quantitative estimate of drug-likeness (QED) is 0.470. The van der Waals surface area contributed by atoms with Gasteiger partial charge < -0.3 is 25.0 Å².